The lowest BCUT2D eigenvalue weighted by atomic mass is 9.97. The van der Waals surface area contributed by atoms with Gasteiger partial charge in [-0.1, -0.05) is 174 Å². The maximum atomic E-state index is 12.0. The van der Waals surface area contributed by atoms with Gasteiger partial charge < -0.3 is 9.84 Å². The lowest BCUT2D eigenvalue weighted by Gasteiger charge is -2.13. The Kier molecular flexibility index (Phi) is 32.1. The Morgan fingerprint density at radius 3 is 1.27 bits per heavy atom. The van der Waals surface area contributed by atoms with Crippen LogP contribution < -0.4 is 0 Å². The fraction of sp³-hybridized carbons (Fsp3) is 0.892. The summed E-state index contributed by atoms with van der Waals surface area (Å²) >= 11 is 0. The van der Waals surface area contributed by atoms with Crippen LogP contribution in [-0.2, 0) is 14.3 Å². The van der Waals surface area contributed by atoms with Gasteiger partial charge in [0.2, 0.25) is 0 Å². The van der Waals surface area contributed by atoms with E-state index in [0.717, 1.165) is 19.3 Å². The van der Waals surface area contributed by atoms with E-state index in [1.54, 1.807) is 0 Å². The molecule has 0 rings (SSSR count). The normalized spacial score (nSPS) is 12.2. The summed E-state index contributed by atoms with van der Waals surface area (Å²) in [7, 11) is 0. The summed E-state index contributed by atoms with van der Waals surface area (Å²) < 4.78 is 5.16. The van der Waals surface area contributed by atoms with Gasteiger partial charge in [-0.3, -0.25) is 9.59 Å². The van der Waals surface area contributed by atoms with Crippen molar-refractivity contribution in [3.8, 4) is 0 Å². The van der Waals surface area contributed by atoms with Crippen molar-refractivity contribution in [2.75, 3.05) is 6.61 Å². The summed E-state index contributed by atoms with van der Waals surface area (Å²) in [5.41, 5.74) is 0. The molecule has 0 fully saturated rings. The van der Waals surface area contributed by atoms with Crippen LogP contribution in [0.1, 0.15) is 200 Å². The Bertz CT molecular complexity index is 585. The van der Waals surface area contributed by atoms with Gasteiger partial charge in [0.05, 0.1) is 18.9 Å². The summed E-state index contributed by atoms with van der Waals surface area (Å²) in [6.07, 6.45) is 41.1. The zero-order valence-electron chi connectivity index (χ0n) is 27.6. The van der Waals surface area contributed by atoms with Crippen molar-refractivity contribution in [1.29, 1.82) is 0 Å². The number of hydrogen-bond acceptors (Lipinski definition) is 3. The average Bonchev–Trinajstić information content (AvgIpc) is 2.96. The molecule has 0 radical (unpaired) electrons. The van der Waals surface area contributed by atoms with Gasteiger partial charge in [-0.25, -0.2) is 0 Å². The molecule has 0 bridgehead atoms. The highest BCUT2D eigenvalue weighted by molar-refractivity contribution is 5.79. The highest BCUT2D eigenvalue weighted by Crippen LogP contribution is 2.19. The standard InChI is InChI=1S/C37H70O4/c1-3-5-6-7-8-9-10-11-12-13-14-15-16-17-18-19-20-21-22-23-24-25-26-27-28-29-30-31-32-35(34-36(38)39)37(40)41-33-4-2/h5-6,35H,3-4,7-34H2,1-2H3,(H,38,39)/b6-5+. The third-order valence-corrected chi connectivity index (χ3v) is 8.28. The van der Waals surface area contributed by atoms with Crippen LogP contribution in [0.5, 0.6) is 0 Å². The number of rotatable bonds is 33. The predicted octanol–water partition coefficient (Wildman–Crippen LogP) is 12.1. The van der Waals surface area contributed by atoms with Crippen LogP contribution in [0.3, 0.4) is 0 Å². The lowest BCUT2D eigenvalue weighted by molar-refractivity contribution is -0.153. The van der Waals surface area contributed by atoms with Gasteiger partial charge in [0.25, 0.3) is 0 Å². The number of hydrogen-bond donors (Lipinski definition) is 1. The van der Waals surface area contributed by atoms with Gasteiger partial charge in [-0.2, -0.15) is 0 Å². The van der Waals surface area contributed by atoms with Crippen LogP contribution in [0.2, 0.25) is 0 Å². The molecule has 0 saturated carbocycles. The Hall–Kier alpha value is -1.32. The number of ether oxygens (including phenoxy) is 1. The molecule has 0 heterocycles. The Labute approximate surface area is 255 Å². The molecule has 1 N–H and O–H groups in total. The zero-order valence-corrected chi connectivity index (χ0v) is 27.6. The third-order valence-electron chi connectivity index (χ3n) is 8.28. The molecule has 4 heteroatoms. The molecule has 0 spiro atoms. The lowest BCUT2D eigenvalue weighted by Crippen LogP contribution is -2.21. The summed E-state index contributed by atoms with van der Waals surface area (Å²) in [4.78, 5) is 23.1. The molecule has 41 heavy (non-hydrogen) atoms. The maximum Gasteiger partial charge on any atom is 0.309 e. The number of unbranched alkanes of at least 4 members (excludes halogenated alkanes) is 24. The molecule has 0 aliphatic rings. The second-order valence-electron chi connectivity index (χ2n) is 12.4. The van der Waals surface area contributed by atoms with E-state index >= 15 is 0 Å². The number of aliphatic carboxylic acids is 1. The monoisotopic (exact) mass is 579 g/mol. The SMILES string of the molecule is CC/C=C/CCCCCCCCCCCCCCCCCCCCCCCCCCC(CC(=O)O)C(=O)OCCC. The first kappa shape index (κ1) is 39.7. The van der Waals surface area contributed by atoms with E-state index in [1.807, 2.05) is 6.92 Å². The molecule has 0 amide bonds. The van der Waals surface area contributed by atoms with Crippen molar-refractivity contribution in [3.63, 3.8) is 0 Å². The van der Waals surface area contributed by atoms with Gasteiger partial charge in [-0.05, 0) is 32.1 Å². The van der Waals surface area contributed by atoms with E-state index in [2.05, 4.69) is 19.1 Å². The van der Waals surface area contributed by atoms with E-state index in [9.17, 15) is 9.59 Å². The maximum absolute atomic E-state index is 12.0. The molecular formula is C37H70O4. The molecule has 1 unspecified atom stereocenters. The topological polar surface area (TPSA) is 63.6 Å². The van der Waals surface area contributed by atoms with Crippen molar-refractivity contribution in [1.82, 2.24) is 0 Å². The number of carboxylic acids is 1. The van der Waals surface area contributed by atoms with Gasteiger partial charge >= 0.3 is 11.9 Å². The number of allylic oxidation sites excluding steroid dienone is 2. The van der Waals surface area contributed by atoms with Crippen molar-refractivity contribution in [3.05, 3.63) is 12.2 Å². The van der Waals surface area contributed by atoms with Gasteiger partial charge in [0.1, 0.15) is 0 Å². The van der Waals surface area contributed by atoms with Crippen LogP contribution in [0.4, 0.5) is 0 Å². The van der Waals surface area contributed by atoms with Crippen LogP contribution in [-0.4, -0.2) is 23.7 Å². The first-order chi connectivity index (χ1) is 20.1. The second kappa shape index (κ2) is 33.2. The number of carbonyl (C=O) groups excluding carboxylic acids is 1. The number of carboxylic acid groups (broad SMARTS) is 1. The van der Waals surface area contributed by atoms with E-state index < -0.39 is 11.9 Å². The number of carbonyl (C=O) groups is 2. The predicted molar refractivity (Wildman–Crippen MR) is 176 cm³/mol. The van der Waals surface area contributed by atoms with Crippen LogP contribution in [0.15, 0.2) is 12.2 Å². The molecule has 1 atom stereocenters. The molecule has 0 aromatic rings. The fourth-order valence-electron chi connectivity index (χ4n) is 5.66. The minimum Gasteiger partial charge on any atom is -0.481 e. The first-order valence-corrected chi connectivity index (χ1v) is 18.1. The Morgan fingerprint density at radius 1 is 0.561 bits per heavy atom. The van der Waals surface area contributed by atoms with E-state index in [1.165, 1.54) is 154 Å². The molecule has 242 valence electrons. The van der Waals surface area contributed by atoms with Crippen molar-refractivity contribution in [2.45, 2.75) is 200 Å². The summed E-state index contributed by atoms with van der Waals surface area (Å²) in [5.74, 6) is -1.73. The minimum atomic E-state index is -0.914. The largest absolute Gasteiger partial charge is 0.481 e. The highest BCUT2D eigenvalue weighted by atomic mass is 16.5. The number of esters is 1. The van der Waals surface area contributed by atoms with Crippen molar-refractivity contribution < 1.29 is 19.4 Å². The summed E-state index contributed by atoms with van der Waals surface area (Å²) in [6, 6.07) is 0. The third kappa shape index (κ3) is 31.4. The summed E-state index contributed by atoms with van der Waals surface area (Å²) in [6.45, 7) is 4.54. The molecule has 4 nitrogen and oxygen atoms in total. The highest BCUT2D eigenvalue weighted by Gasteiger charge is 2.22. The Morgan fingerprint density at radius 2 is 0.927 bits per heavy atom. The first-order valence-electron chi connectivity index (χ1n) is 18.1. The van der Waals surface area contributed by atoms with Crippen LogP contribution in [0, 0.1) is 5.92 Å². The second-order valence-corrected chi connectivity index (χ2v) is 12.4. The van der Waals surface area contributed by atoms with Crippen molar-refractivity contribution >= 4 is 11.9 Å². The minimum absolute atomic E-state index is 0.110. The fourth-order valence-corrected chi connectivity index (χ4v) is 5.66. The van der Waals surface area contributed by atoms with Gasteiger partial charge in [0, 0.05) is 0 Å². The molecule has 0 aliphatic carbocycles. The molecule has 0 aliphatic heterocycles. The molecule has 0 aromatic heterocycles. The molecular weight excluding hydrogens is 508 g/mol. The van der Waals surface area contributed by atoms with Gasteiger partial charge in [0.15, 0.2) is 0 Å². The van der Waals surface area contributed by atoms with E-state index in [4.69, 9.17) is 9.84 Å². The quantitative estimate of drug-likeness (QED) is 0.0478. The van der Waals surface area contributed by atoms with Crippen LogP contribution in [0.25, 0.3) is 0 Å². The smallest absolute Gasteiger partial charge is 0.309 e. The van der Waals surface area contributed by atoms with Gasteiger partial charge in [-0.15, -0.1) is 0 Å². The molecule has 0 aromatic carbocycles. The average molecular weight is 579 g/mol. The van der Waals surface area contributed by atoms with Crippen LogP contribution >= 0.6 is 0 Å². The zero-order chi connectivity index (χ0) is 30.1. The summed E-state index contributed by atoms with van der Waals surface area (Å²) in [5, 5.41) is 9.05. The van der Waals surface area contributed by atoms with E-state index in [-0.39, 0.29) is 12.4 Å². The Balaban J connectivity index is 3.29. The van der Waals surface area contributed by atoms with E-state index in [0.29, 0.717) is 13.0 Å². The molecule has 0 saturated heterocycles. The van der Waals surface area contributed by atoms with Crippen molar-refractivity contribution in [2.24, 2.45) is 5.92 Å².